The highest BCUT2D eigenvalue weighted by molar-refractivity contribution is 5.85. The molecule has 0 radical (unpaired) electrons. The van der Waals surface area contributed by atoms with Crippen LogP contribution in [0.1, 0.15) is 13.3 Å². The zero-order chi connectivity index (χ0) is 14.9. The molecule has 2 aromatic heterocycles. The second kappa shape index (κ2) is 8.01. The Labute approximate surface area is 154 Å². The van der Waals surface area contributed by atoms with Crippen molar-refractivity contribution in [3.63, 3.8) is 0 Å². The average molecular weight is 368 g/mol. The van der Waals surface area contributed by atoms with Crippen LogP contribution in [0.5, 0.6) is 0 Å². The predicted molar refractivity (Wildman–Crippen MR) is 102 cm³/mol. The Morgan fingerprint density at radius 3 is 2.62 bits per heavy atom. The molecule has 1 unspecified atom stereocenters. The minimum atomic E-state index is 0. The van der Waals surface area contributed by atoms with Gasteiger partial charge in [-0.15, -0.1) is 35.0 Å². The Kier molecular flexibility index (Phi) is 6.27. The van der Waals surface area contributed by atoms with Gasteiger partial charge in [0.15, 0.2) is 0 Å². The van der Waals surface area contributed by atoms with Crippen molar-refractivity contribution in [2.24, 2.45) is 5.92 Å². The van der Waals surface area contributed by atoms with E-state index in [1.54, 1.807) is 12.7 Å². The van der Waals surface area contributed by atoms with Crippen molar-refractivity contribution < 1.29 is 0 Å². The van der Waals surface area contributed by atoms with Crippen LogP contribution in [0.4, 0.5) is 0 Å². The lowest BCUT2D eigenvalue weighted by Crippen LogP contribution is -2.21. The summed E-state index contributed by atoms with van der Waals surface area (Å²) >= 11 is 0. The summed E-state index contributed by atoms with van der Waals surface area (Å²) < 4.78 is 4.35. The van der Waals surface area contributed by atoms with E-state index in [4.69, 9.17) is 0 Å². The first-order chi connectivity index (χ1) is 10.8. The molecule has 1 aromatic carbocycles. The van der Waals surface area contributed by atoms with Crippen molar-refractivity contribution in [3.8, 4) is 5.69 Å². The van der Waals surface area contributed by atoms with Crippen molar-refractivity contribution >= 4 is 35.7 Å². The SMILES string of the molecule is CCN1CCC(Cn2ccc3ccc(-n4cnnc4)cc32)C1.Cl.Cl. The van der Waals surface area contributed by atoms with E-state index in [2.05, 4.69) is 57.1 Å². The van der Waals surface area contributed by atoms with E-state index >= 15 is 0 Å². The lowest BCUT2D eigenvalue weighted by molar-refractivity contribution is 0.334. The number of rotatable bonds is 4. The van der Waals surface area contributed by atoms with Crippen LogP contribution in [0, 0.1) is 5.92 Å². The standard InChI is InChI=1S/C17H21N5.2ClH/c1-2-20-7-5-14(10-20)11-21-8-6-15-3-4-16(9-17(15)21)22-12-18-19-13-22;;/h3-4,6,8-9,12-14H,2,5,7,10-11H2,1H3;2*1H. The van der Waals surface area contributed by atoms with Gasteiger partial charge in [0.2, 0.25) is 0 Å². The highest BCUT2D eigenvalue weighted by Crippen LogP contribution is 2.24. The third-order valence-corrected chi connectivity index (χ3v) is 4.75. The van der Waals surface area contributed by atoms with E-state index in [1.165, 1.54) is 37.0 Å². The number of benzene rings is 1. The number of hydrogen-bond acceptors (Lipinski definition) is 3. The molecule has 7 heteroatoms. The Morgan fingerprint density at radius 2 is 1.92 bits per heavy atom. The summed E-state index contributed by atoms with van der Waals surface area (Å²) in [4.78, 5) is 2.54. The van der Waals surface area contributed by atoms with Crippen molar-refractivity contribution in [1.29, 1.82) is 0 Å². The maximum atomic E-state index is 3.89. The van der Waals surface area contributed by atoms with Crippen LogP contribution in [-0.4, -0.2) is 43.9 Å². The number of fused-ring (bicyclic) bond motifs is 1. The van der Waals surface area contributed by atoms with Gasteiger partial charge in [-0.05, 0) is 49.0 Å². The summed E-state index contributed by atoms with van der Waals surface area (Å²) in [6, 6.07) is 8.72. The normalized spacial score (nSPS) is 17.6. The molecule has 1 fully saturated rings. The van der Waals surface area contributed by atoms with Crippen molar-refractivity contribution in [1.82, 2.24) is 24.2 Å². The first-order valence-electron chi connectivity index (χ1n) is 8.00. The first kappa shape index (κ1) is 18.8. The molecule has 1 aliphatic heterocycles. The molecule has 0 saturated carbocycles. The van der Waals surface area contributed by atoms with Crippen LogP contribution in [0.15, 0.2) is 43.1 Å². The van der Waals surface area contributed by atoms with Crippen LogP contribution in [0.3, 0.4) is 0 Å². The molecule has 0 bridgehead atoms. The Balaban J connectivity index is 0.00000104. The summed E-state index contributed by atoms with van der Waals surface area (Å²) in [5.74, 6) is 0.758. The largest absolute Gasteiger partial charge is 0.347 e. The van der Waals surface area contributed by atoms with E-state index in [0.717, 1.165) is 18.2 Å². The molecule has 1 atom stereocenters. The number of likely N-dealkylation sites (tertiary alicyclic amines) is 1. The van der Waals surface area contributed by atoms with Gasteiger partial charge in [-0.2, -0.15) is 0 Å². The minimum Gasteiger partial charge on any atom is -0.347 e. The highest BCUT2D eigenvalue weighted by Gasteiger charge is 2.21. The van der Waals surface area contributed by atoms with Gasteiger partial charge >= 0.3 is 0 Å². The molecule has 130 valence electrons. The van der Waals surface area contributed by atoms with E-state index < -0.39 is 0 Å². The summed E-state index contributed by atoms with van der Waals surface area (Å²) in [5.41, 5.74) is 2.40. The molecule has 0 N–H and O–H groups in total. The van der Waals surface area contributed by atoms with E-state index in [-0.39, 0.29) is 24.8 Å². The molecule has 0 amide bonds. The molecule has 0 spiro atoms. The summed E-state index contributed by atoms with van der Waals surface area (Å²) in [5, 5.41) is 9.07. The molecule has 1 saturated heterocycles. The smallest absolute Gasteiger partial charge is 0.123 e. The zero-order valence-corrected chi connectivity index (χ0v) is 15.3. The Morgan fingerprint density at radius 1 is 1.12 bits per heavy atom. The first-order valence-corrected chi connectivity index (χ1v) is 8.00. The van der Waals surface area contributed by atoms with Gasteiger partial charge in [0.1, 0.15) is 12.7 Å². The Bertz CT molecular complexity index is 768. The number of hydrogen-bond donors (Lipinski definition) is 0. The van der Waals surface area contributed by atoms with Crippen molar-refractivity contribution in [2.75, 3.05) is 19.6 Å². The summed E-state index contributed by atoms with van der Waals surface area (Å²) in [6.07, 6.45) is 7.00. The lowest BCUT2D eigenvalue weighted by atomic mass is 10.1. The molecule has 1 aliphatic rings. The average Bonchev–Trinajstić information content (AvgIpc) is 3.28. The maximum Gasteiger partial charge on any atom is 0.123 e. The second-order valence-corrected chi connectivity index (χ2v) is 6.13. The van der Waals surface area contributed by atoms with E-state index in [0.29, 0.717) is 0 Å². The lowest BCUT2D eigenvalue weighted by Gasteiger charge is -2.14. The highest BCUT2D eigenvalue weighted by atomic mass is 35.5. The van der Waals surface area contributed by atoms with Gasteiger partial charge in [-0.3, -0.25) is 4.57 Å². The third kappa shape index (κ3) is 3.58. The fraction of sp³-hybridized carbons (Fsp3) is 0.412. The molecule has 3 heterocycles. The van der Waals surface area contributed by atoms with Crippen LogP contribution in [0.2, 0.25) is 0 Å². The monoisotopic (exact) mass is 367 g/mol. The van der Waals surface area contributed by atoms with Gasteiger partial charge < -0.3 is 9.47 Å². The van der Waals surface area contributed by atoms with Gasteiger partial charge in [0.05, 0.1) is 11.2 Å². The third-order valence-electron chi connectivity index (χ3n) is 4.75. The van der Waals surface area contributed by atoms with E-state index in [9.17, 15) is 0 Å². The van der Waals surface area contributed by atoms with Gasteiger partial charge in [0.25, 0.3) is 0 Å². The second-order valence-electron chi connectivity index (χ2n) is 6.13. The quantitative estimate of drug-likeness (QED) is 0.709. The number of halogens is 2. The molecular weight excluding hydrogens is 345 g/mol. The maximum absolute atomic E-state index is 3.89. The molecule has 4 rings (SSSR count). The fourth-order valence-corrected chi connectivity index (χ4v) is 3.45. The van der Waals surface area contributed by atoms with Gasteiger partial charge in [-0.25, -0.2) is 0 Å². The molecular formula is C17H23Cl2N5. The van der Waals surface area contributed by atoms with E-state index in [1.807, 2.05) is 4.57 Å². The van der Waals surface area contributed by atoms with Crippen LogP contribution < -0.4 is 0 Å². The summed E-state index contributed by atoms with van der Waals surface area (Å²) in [7, 11) is 0. The van der Waals surface area contributed by atoms with Gasteiger partial charge in [-0.1, -0.05) is 13.0 Å². The zero-order valence-electron chi connectivity index (χ0n) is 13.7. The molecule has 5 nitrogen and oxygen atoms in total. The number of nitrogens with zero attached hydrogens (tertiary/aromatic N) is 5. The minimum absolute atomic E-state index is 0. The van der Waals surface area contributed by atoms with Crippen LogP contribution >= 0.6 is 24.8 Å². The van der Waals surface area contributed by atoms with Crippen molar-refractivity contribution in [3.05, 3.63) is 43.1 Å². The van der Waals surface area contributed by atoms with Crippen LogP contribution in [0.25, 0.3) is 16.6 Å². The summed E-state index contributed by atoms with van der Waals surface area (Å²) in [6.45, 7) is 6.98. The number of aromatic nitrogens is 4. The molecule has 3 aromatic rings. The fourth-order valence-electron chi connectivity index (χ4n) is 3.45. The molecule has 24 heavy (non-hydrogen) atoms. The predicted octanol–water partition coefficient (Wildman–Crippen LogP) is 3.41. The Hall–Kier alpha value is -1.56. The molecule has 0 aliphatic carbocycles. The topological polar surface area (TPSA) is 38.9 Å². The van der Waals surface area contributed by atoms with Crippen LogP contribution in [-0.2, 0) is 6.54 Å². The van der Waals surface area contributed by atoms with Gasteiger partial charge in [0, 0.05) is 19.3 Å². The van der Waals surface area contributed by atoms with Crippen molar-refractivity contribution in [2.45, 2.75) is 19.9 Å².